The maximum absolute atomic E-state index is 11.7. The molecule has 0 aromatic heterocycles. The largest absolute Gasteiger partial charge is 0.488 e. The Hall–Kier alpha value is -1.51. The van der Waals surface area contributed by atoms with E-state index in [1.807, 2.05) is 26.0 Å². The zero-order valence-corrected chi connectivity index (χ0v) is 9.50. The van der Waals surface area contributed by atoms with Gasteiger partial charge >= 0.3 is 0 Å². The molecule has 1 aromatic carbocycles. The second-order valence-electron chi connectivity index (χ2n) is 4.99. The second kappa shape index (κ2) is 3.00. The van der Waals surface area contributed by atoms with Gasteiger partial charge in [-0.2, -0.15) is 0 Å². The fourth-order valence-electron chi connectivity index (χ4n) is 2.37. The van der Waals surface area contributed by atoms with Crippen molar-refractivity contribution in [3.05, 3.63) is 23.3 Å². The van der Waals surface area contributed by atoms with Crippen molar-refractivity contribution in [2.24, 2.45) is 0 Å². The van der Waals surface area contributed by atoms with Crippen molar-refractivity contribution in [2.45, 2.75) is 32.3 Å². The number of carbonyl (C=O) groups excluding carboxylic acids is 1. The minimum atomic E-state index is -0.193. The third kappa shape index (κ3) is 1.31. The van der Waals surface area contributed by atoms with Gasteiger partial charge in [-0.05, 0) is 19.9 Å². The Bertz CT molecular complexity index is 474. The third-order valence-electron chi connectivity index (χ3n) is 3.06. The van der Waals surface area contributed by atoms with E-state index in [1.54, 1.807) is 0 Å². The molecule has 0 saturated heterocycles. The summed E-state index contributed by atoms with van der Waals surface area (Å²) < 4.78 is 11.4. The summed E-state index contributed by atoms with van der Waals surface area (Å²) in [7, 11) is 0. The van der Waals surface area contributed by atoms with Crippen LogP contribution in [0.5, 0.6) is 11.5 Å². The van der Waals surface area contributed by atoms with E-state index < -0.39 is 0 Å². The topological polar surface area (TPSA) is 35.5 Å². The lowest BCUT2D eigenvalue weighted by atomic mass is 9.98. The number of benzene rings is 1. The molecule has 84 valence electrons. The molecule has 2 heterocycles. The highest BCUT2D eigenvalue weighted by molar-refractivity contribution is 6.00. The van der Waals surface area contributed by atoms with Crippen molar-refractivity contribution >= 4 is 5.78 Å². The fourth-order valence-corrected chi connectivity index (χ4v) is 2.37. The van der Waals surface area contributed by atoms with Crippen LogP contribution in [0.4, 0.5) is 0 Å². The third-order valence-corrected chi connectivity index (χ3v) is 3.06. The molecule has 3 heteroatoms. The first-order valence-electron chi connectivity index (χ1n) is 5.58. The van der Waals surface area contributed by atoms with Crippen LogP contribution in [0, 0.1) is 0 Å². The van der Waals surface area contributed by atoms with E-state index in [-0.39, 0.29) is 11.4 Å². The van der Waals surface area contributed by atoms with E-state index in [0.717, 1.165) is 17.7 Å². The fraction of sp³-hybridized carbons (Fsp3) is 0.462. The van der Waals surface area contributed by atoms with E-state index in [9.17, 15) is 4.79 Å². The van der Waals surface area contributed by atoms with Gasteiger partial charge in [0.05, 0.1) is 12.2 Å². The van der Waals surface area contributed by atoms with Gasteiger partial charge in [0.25, 0.3) is 0 Å². The van der Waals surface area contributed by atoms with Crippen molar-refractivity contribution in [1.82, 2.24) is 0 Å². The minimum Gasteiger partial charge on any atom is -0.488 e. The van der Waals surface area contributed by atoms with Crippen molar-refractivity contribution < 1.29 is 14.3 Å². The molecule has 0 amide bonds. The summed E-state index contributed by atoms with van der Waals surface area (Å²) in [5, 5.41) is 0. The van der Waals surface area contributed by atoms with Crippen LogP contribution in [0.25, 0.3) is 0 Å². The lowest BCUT2D eigenvalue weighted by Gasteiger charge is -2.21. The Balaban J connectivity index is 2.15. The molecule has 0 aliphatic carbocycles. The summed E-state index contributed by atoms with van der Waals surface area (Å²) in [4.78, 5) is 11.7. The van der Waals surface area contributed by atoms with Crippen molar-refractivity contribution in [2.75, 3.05) is 6.61 Å². The van der Waals surface area contributed by atoms with Gasteiger partial charge in [0.2, 0.25) is 0 Å². The summed E-state index contributed by atoms with van der Waals surface area (Å²) >= 11 is 0. The van der Waals surface area contributed by atoms with E-state index in [4.69, 9.17) is 9.47 Å². The quantitative estimate of drug-likeness (QED) is 0.670. The number of Topliss-reactive ketones (excluding diaryl/α,β-unsaturated/α-hetero) is 1. The Kier molecular flexibility index (Phi) is 1.82. The first-order valence-corrected chi connectivity index (χ1v) is 5.58. The van der Waals surface area contributed by atoms with Gasteiger partial charge < -0.3 is 9.47 Å². The smallest absolute Gasteiger partial charge is 0.172 e. The molecular weight excluding hydrogens is 204 g/mol. The number of rotatable bonds is 0. The Morgan fingerprint density at radius 1 is 1.25 bits per heavy atom. The highest BCUT2D eigenvalue weighted by Gasteiger charge is 2.35. The maximum Gasteiger partial charge on any atom is 0.172 e. The number of ether oxygens (including phenoxy) is 2. The zero-order chi connectivity index (χ0) is 11.3. The Morgan fingerprint density at radius 3 is 2.88 bits per heavy atom. The average Bonchev–Trinajstić information content (AvgIpc) is 2.53. The van der Waals surface area contributed by atoms with Crippen molar-refractivity contribution in [3.63, 3.8) is 0 Å². The molecule has 2 aliphatic heterocycles. The van der Waals surface area contributed by atoms with Crippen LogP contribution in [0.2, 0.25) is 0 Å². The molecule has 0 fully saturated rings. The van der Waals surface area contributed by atoms with Crippen LogP contribution >= 0.6 is 0 Å². The summed E-state index contributed by atoms with van der Waals surface area (Å²) in [5.41, 5.74) is 1.61. The van der Waals surface area contributed by atoms with Gasteiger partial charge in [0.1, 0.15) is 5.60 Å². The van der Waals surface area contributed by atoms with Crippen LogP contribution in [0.3, 0.4) is 0 Å². The molecule has 0 bridgehead atoms. The summed E-state index contributed by atoms with van der Waals surface area (Å²) in [6, 6.07) is 3.84. The molecule has 0 radical (unpaired) electrons. The van der Waals surface area contributed by atoms with Gasteiger partial charge in [-0.3, -0.25) is 4.79 Å². The molecule has 3 rings (SSSR count). The second-order valence-corrected chi connectivity index (χ2v) is 4.99. The molecule has 2 aliphatic rings. The number of carbonyl (C=O) groups is 1. The predicted octanol–water partition coefficient (Wildman–Crippen LogP) is 2.37. The molecule has 0 unspecified atom stereocenters. The highest BCUT2D eigenvalue weighted by atomic mass is 16.5. The Morgan fingerprint density at radius 2 is 2.06 bits per heavy atom. The van der Waals surface area contributed by atoms with E-state index in [1.165, 1.54) is 0 Å². The summed E-state index contributed by atoms with van der Waals surface area (Å²) in [6.07, 6.45) is 1.34. The lowest BCUT2D eigenvalue weighted by Crippen LogP contribution is -2.25. The van der Waals surface area contributed by atoms with Gasteiger partial charge in [-0.25, -0.2) is 0 Å². The number of fused-ring (bicyclic) bond motifs is 3. The number of hydrogen-bond donors (Lipinski definition) is 0. The van der Waals surface area contributed by atoms with Gasteiger partial charge in [-0.15, -0.1) is 0 Å². The first kappa shape index (κ1) is 9.70. The normalized spacial score (nSPS) is 20.8. The molecule has 16 heavy (non-hydrogen) atoms. The minimum absolute atomic E-state index is 0.150. The number of ketones is 1. The van der Waals surface area contributed by atoms with Crippen molar-refractivity contribution in [3.8, 4) is 11.5 Å². The van der Waals surface area contributed by atoms with Gasteiger partial charge in [0, 0.05) is 18.4 Å². The van der Waals surface area contributed by atoms with Crippen LogP contribution in [0.1, 0.15) is 36.2 Å². The van der Waals surface area contributed by atoms with Gasteiger partial charge in [-0.1, -0.05) is 6.07 Å². The van der Waals surface area contributed by atoms with E-state index in [2.05, 4.69) is 0 Å². The predicted molar refractivity (Wildman–Crippen MR) is 59.3 cm³/mol. The standard InChI is InChI=1S/C13H14O3/c1-13(2)7-8-3-4-9-10(14)5-6-15-12(9)11(8)16-13/h3-4H,5-7H2,1-2H3. The Labute approximate surface area is 94.4 Å². The van der Waals surface area contributed by atoms with Crippen LogP contribution in [-0.4, -0.2) is 18.0 Å². The van der Waals surface area contributed by atoms with Gasteiger partial charge in [0.15, 0.2) is 17.3 Å². The van der Waals surface area contributed by atoms with Crippen LogP contribution in [0.15, 0.2) is 12.1 Å². The average molecular weight is 218 g/mol. The molecule has 1 aromatic rings. The summed E-state index contributed by atoms with van der Waals surface area (Å²) in [6.45, 7) is 4.56. The SMILES string of the molecule is CC1(C)Cc2ccc3c(c2O1)OCCC3=O. The molecular formula is C13H14O3. The highest BCUT2D eigenvalue weighted by Crippen LogP contribution is 2.45. The summed E-state index contributed by atoms with van der Waals surface area (Å²) in [5.74, 6) is 1.58. The van der Waals surface area contributed by atoms with E-state index in [0.29, 0.717) is 24.3 Å². The monoisotopic (exact) mass is 218 g/mol. The van der Waals surface area contributed by atoms with Crippen molar-refractivity contribution in [1.29, 1.82) is 0 Å². The lowest BCUT2D eigenvalue weighted by molar-refractivity contribution is 0.0917. The zero-order valence-electron chi connectivity index (χ0n) is 9.50. The van der Waals surface area contributed by atoms with Crippen LogP contribution < -0.4 is 9.47 Å². The first-order chi connectivity index (χ1) is 7.57. The van der Waals surface area contributed by atoms with E-state index >= 15 is 0 Å². The number of hydrogen-bond acceptors (Lipinski definition) is 3. The molecule has 0 saturated carbocycles. The molecule has 0 spiro atoms. The molecule has 3 nitrogen and oxygen atoms in total. The van der Waals surface area contributed by atoms with Crippen LogP contribution in [-0.2, 0) is 6.42 Å². The molecule has 0 N–H and O–H groups in total. The molecule has 0 atom stereocenters. The maximum atomic E-state index is 11.7.